The maximum Gasteiger partial charge on any atom is 0.435 e. The molecule has 0 aliphatic carbocycles. The first kappa shape index (κ1) is 17.5. The number of benzene rings is 2. The number of aromatic nitrogens is 4. The Labute approximate surface area is 160 Å². The van der Waals surface area contributed by atoms with Crippen molar-refractivity contribution in [1.29, 1.82) is 0 Å². The van der Waals surface area contributed by atoms with Crippen molar-refractivity contribution in [3.05, 3.63) is 77.9 Å². The molecule has 0 fully saturated rings. The number of fused-ring (bicyclic) bond motifs is 1. The molecule has 0 bridgehead atoms. The van der Waals surface area contributed by atoms with E-state index in [-0.39, 0.29) is 12.4 Å². The predicted octanol–water partition coefficient (Wildman–Crippen LogP) is 3.80. The van der Waals surface area contributed by atoms with E-state index < -0.39 is 6.09 Å². The Balaban J connectivity index is 1.69. The Bertz CT molecular complexity index is 1170. The van der Waals surface area contributed by atoms with Crippen molar-refractivity contribution >= 4 is 23.3 Å². The molecule has 0 unspecified atom stereocenters. The quantitative estimate of drug-likeness (QED) is 0.507. The lowest BCUT2D eigenvalue weighted by Crippen LogP contribution is -2.14. The van der Waals surface area contributed by atoms with Crippen LogP contribution in [0.4, 0.5) is 4.79 Å². The van der Waals surface area contributed by atoms with Gasteiger partial charge in [0.1, 0.15) is 6.61 Å². The summed E-state index contributed by atoms with van der Waals surface area (Å²) in [6.07, 6.45) is 3.23. The van der Waals surface area contributed by atoms with Crippen LogP contribution in [0.2, 0.25) is 0 Å². The Morgan fingerprint density at radius 3 is 2.71 bits per heavy atom. The fourth-order valence-electron chi connectivity index (χ4n) is 2.97. The number of carbonyl (C=O) groups excluding carboxylic acids is 2. The second-order valence-corrected chi connectivity index (χ2v) is 6.21. The summed E-state index contributed by atoms with van der Waals surface area (Å²) < 4.78 is 6.60. The predicted molar refractivity (Wildman–Crippen MR) is 103 cm³/mol. The number of nitrogens with zero attached hydrogens (tertiary/aromatic N) is 4. The van der Waals surface area contributed by atoms with Crippen molar-refractivity contribution in [2.45, 2.75) is 13.5 Å². The second kappa shape index (κ2) is 7.40. The Kier molecular flexibility index (Phi) is 4.63. The molecule has 2 aromatic carbocycles. The number of ether oxygens (including phenoxy) is 1. The summed E-state index contributed by atoms with van der Waals surface area (Å²) in [7, 11) is 0. The van der Waals surface area contributed by atoms with Crippen molar-refractivity contribution < 1.29 is 14.3 Å². The molecule has 7 heteroatoms. The maximum absolute atomic E-state index is 12.5. The molecule has 0 N–H and O–H groups in total. The molecule has 28 heavy (non-hydrogen) atoms. The van der Waals surface area contributed by atoms with E-state index in [1.54, 1.807) is 18.5 Å². The number of hydrogen-bond donors (Lipinski definition) is 0. The zero-order valence-corrected chi connectivity index (χ0v) is 15.1. The highest BCUT2D eigenvalue weighted by atomic mass is 16.6. The minimum Gasteiger partial charge on any atom is -0.443 e. The molecule has 0 spiro atoms. The monoisotopic (exact) mass is 372 g/mol. The highest BCUT2D eigenvalue weighted by molar-refractivity contribution is 5.97. The van der Waals surface area contributed by atoms with Crippen LogP contribution >= 0.6 is 0 Å². The molecular formula is C21H16N4O3. The molecule has 0 atom stereocenters. The van der Waals surface area contributed by atoms with E-state index in [0.717, 1.165) is 22.1 Å². The van der Waals surface area contributed by atoms with Gasteiger partial charge in [0.2, 0.25) is 0 Å². The third-order valence-corrected chi connectivity index (χ3v) is 4.34. The topological polar surface area (TPSA) is 87.0 Å². The highest BCUT2D eigenvalue weighted by Gasteiger charge is 2.16. The van der Waals surface area contributed by atoms with Crippen molar-refractivity contribution in [1.82, 2.24) is 19.7 Å². The first-order chi connectivity index (χ1) is 13.7. The van der Waals surface area contributed by atoms with E-state index in [1.807, 2.05) is 49.4 Å². The molecule has 0 aliphatic heterocycles. The third-order valence-electron chi connectivity index (χ3n) is 4.34. The van der Waals surface area contributed by atoms with Crippen LogP contribution in [-0.4, -0.2) is 32.1 Å². The van der Waals surface area contributed by atoms with Gasteiger partial charge in [0.15, 0.2) is 12.1 Å². The Morgan fingerprint density at radius 2 is 1.93 bits per heavy atom. The molecule has 2 heterocycles. The SMILES string of the molecule is Cc1cnc(C=O)nc1-c1cccc2c1cnn2C(=O)OCc1ccccc1. The first-order valence-corrected chi connectivity index (χ1v) is 8.64. The molecule has 138 valence electrons. The van der Waals surface area contributed by atoms with Gasteiger partial charge in [-0.3, -0.25) is 4.79 Å². The van der Waals surface area contributed by atoms with Gasteiger partial charge < -0.3 is 4.74 Å². The van der Waals surface area contributed by atoms with Crippen LogP contribution < -0.4 is 0 Å². The van der Waals surface area contributed by atoms with Crippen LogP contribution in [-0.2, 0) is 11.3 Å². The van der Waals surface area contributed by atoms with Gasteiger partial charge in [0, 0.05) is 17.1 Å². The number of aryl methyl sites for hydroxylation is 1. The van der Waals surface area contributed by atoms with Crippen LogP contribution in [0, 0.1) is 6.92 Å². The molecule has 0 saturated carbocycles. The van der Waals surface area contributed by atoms with Crippen molar-refractivity contribution in [2.75, 3.05) is 0 Å². The van der Waals surface area contributed by atoms with Gasteiger partial charge in [-0.15, -0.1) is 0 Å². The fourth-order valence-corrected chi connectivity index (χ4v) is 2.97. The van der Waals surface area contributed by atoms with Crippen LogP contribution in [0.15, 0.2) is 60.9 Å². The summed E-state index contributed by atoms with van der Waals surface area (Å²) in [5.74, 6) is 0.104. The molecule has 7 nitrogen and oxygen atoms in total. The highest BCUT2D eigenvalue weighted by Crippen LogP contribution is 2.29. The van der Waals surface area contributed by atoms with Gasteiger partial charge in [0.25, 0.3) is 0 Å². The summed E-state index contributed by atoms with van der Waals surface area (Å²) in [4.78, 5) is 31.8. The summed E-state index contributed by atoms with van der Waals surface area (Å²) in [6, 6.07) is 14.9. The van der Waals surface area contributed by atoms with E-state index in [1.165, 1.54) is 4.68 Å². The lowest BCUT2D eigenvalue weighted by atomic mass is 10.0. The van der Waals surface area contributed by atoms with Crippen LogP contribution in [0.5, 0.6) is 0 Å². The lowest BCUT2D eigenvalue weighted by molar-refractivity contribution is 0.111. The minimum absolute atomic E-state index is 0.104. The first-order valence-electron chi connectivity index (χ1n) is 8.64. The molecular weight excluding hydrogens is 356 g/mol. The van der Waals surface area contributed by atoms with E-state index in [0.29, 0.717) is 17.5 Å². The minimum atomic E-state index is -0.566. The van der Waals surface area contributed by atoms with Gasteiger partial charge in [-0.1, -0.05) is 42.5 Å². The third kappa shape index (κ3) is 3.25. The largest absolute Gasteiger partial charge is 0.443 e. The average molecular weight is 372 g/mol. The van der Waals surface area contributed by atoms with Crippen LogP contribution in [0.1, 0.15) is 21.7 Å². The molecule has 4 rings (SSSR count). The Morgan fingerprint density at radius 1 is 1.11 bits per heavy atom. The second-order valence-electron chi connectivity index (χ2n) is 6.21. The van der Waals surface area contributed by atoms with Gasteiger partial charge >= 0.3 is 6.09 Å². The number of aldehydes is 1. The lowest BCUT2D eigenvalue weighted by Gasteiger charge is -2.08. The van der Waals surface area contributed by atoms with Gasteiger partial charge in [0.05, 0.1) is 17.4 Å². The molecule has 0 saturated heterocycles. The fraction of sp³-hybridized carbons (Fsp3) is 0.0952. The van der Waals surface area contributed by atoms with E-state index in [2.05, 4.69) is 15.1 Å². The van der Waals surface area contributed by atoms with Gasteiger partial charge in [-0.25, -0.2) is 14.8 Å². The molecule has 4 aromatic rings. The Hall–Kier alpha value is -3.87. The molecule has 2 aromatic heterocycles. The number of carbonyl (C=O) groups is 2. The summed E-state index contributed by atoms with van der Waals surface area (Å²) in [5, 5.41) is 4.93. The smallest absolute Gasteiger partial charge is 0.435 e. The van der Waals surface area contributed by atoms with Crippen LogP contribution in [0.3, 0.4) is 0 Å². The van der Waals surface area contributed by atoms with Gasteiger partial charge in [-0.2, -0.15) is 9.78 Å². The summed E-state index contributed by atoms with van der Waals surface area (Å²) >= 11 is 0. The zero-order valence-electron chi connectivity index (χ0n) is 15.1. The molecule has 0 radical (unpaired) electrons. The summed E-state index contributed by atoms with van der Waals surface area (Å²) in [6.45, 7) is 2.02. The van der Waals surface area contributed by atoms with Crippen molar-refractivity contribution in [3.63, 3.8) is 0 Å². The van der Waals surface area contributed by atoms with Crippen molar-refractivity contribution in [2.24, 2.45) is 0 Å². The number of hydrogen-bond acceptors (Lipinski definition) is 6. The van der Waals surface area contributed by atoms with E-state index in [4.69, 9.17) is 4.74 Å². The molecule has 0 amide bonds. The molecule has 0 aliphatic rings. The van der Waals surface area contributed by atoms with E-state index >= 15 is 0 Å². The van der Waals surface area contributed by atoms with Crippen LogP contribution in [0.25, 0.3) is 22.2 Å². The normalized spacial score (nSPS) is 10.8. The van der Waals surface area contributed by atoms with Crippen molar-refractivity contribution in [3.8, 4) is 11.3 Å². The van der Waals surface area contributed by atoms with Gasteiger partial charge in [-0.05, 0) is 24.1 Å². The van der Waals surface area contributed by atoms with E-state index in [9.17, 15) is 9.59 Å². The number of rotatable bonds is 4. The standard InChI is InChI=1S/C21H16N4O3/c1-14-10-22-19(12-26)24-20(14)16-8-5-9-18-17(16)11-23-25(18)21(27)28-13-15-6-3-2-4-7-15/h2-12H,13H2,1H3. The maximum atomic E-state index is 12.5. The zero-order chi connectivity index (χ0) is 19.5. The average Bonchev–Trinajstić information content (AvgIpc) is 3.18. The summed E-state index contributed by atoms with van der Waals surface area (Å²) in [5.41, 5.74) is 3.70.